The van der Waals surface area contributed by atoms with Crippen LogP contribution in [0.15, 0.2) is 0 Å². The predicted molar refractivity (Wildman–Crippen MR) is 84.1 cm³/mol. The highest BCUT2D eigenvalue weighted by atomic mass is 16.9. The van der Waals surface area contributed by atoms with Crippen molar-refractivity contribution in [3.05, 3.63) is 0 Å². The molecule has 6 heteroatoms. The van der Waals surface area contributed by atoms with E-state index in [0.29, 0.717) is 17.8 Å². The van der Waals surface area contributed by atoms with Crippen molar-refractivity contribution in [3.8, 4) is 11.8 Å². The molecule has 0 bridgehead atoms. The van der Waals surface area contributed by atoms with Crippen LogP contribution in [0.5, 0.6) is 0 Å². The number of unbranched alkanes of at least 4 members (excludes halogenated alkanes) is 1. The standard InChI is InChI=1S/C17H27N2O4/c1-2-3-14-21-17(20)22-15-8-13-19(16(15)23-19)12-7-6-11-18-9-4-5-10-18/h15-16H,2-5,8-14H2,1H3/q+1/t15?,16?,19-/m1/s1. The van der Waals surface area contributed by atoms with Crippen LogP contribution in [0.3, 0.4) is 0 Å². The number of quaternary nitrogens is 1. The highest BCUT2D eigenvalue weighted by Gasteiger charge is 2.69. The molecule has 3 atom stereocenters. The minimum absolute atomic E-state index is 0.0465. The van der Waals surface area contributed by atoms with Crippen molar-refractivity contribution < 1.29 is 23.8 Å². The Hall–Kier alpha value is -1.29. The van der Waals surface area contributed by atoms with Gasteiger partial charge in [0, 0.05) is 6.42 Å². The van der Waals surface area contributed by atoms with Crippen molar-refractivity contribution in [3.63, 3.8) is 0 Å². The summed E-state index contributed by atoms with van der Waals surface area (Å²) in [6.45, 7) is 7.22. The molecule has 128 valence electrons. The van der Waals surface area contributed by atoms with E-state index in [1.807, 2.05) is 0 Å². The second-order valence-corrected chi connectivity index (χ2v) is 6.56. The highest BCUT2D eigenvalue weighted by molar-refractivity contribution is 5.60. The molecular formula is C17H27N2O4+. The Balaban J connectivity index is 1.37. The minimum atomic E-state index is -0.570. The lowest BCUT2D eigenvalue weighted by Gasteiger charge is -2.08. The first-order valence-corrected chi connectivity index (χ1v) is 8.80. The average molecular weight is 323 g/mol. The molecule has 0 radical (unpaired) electrons. The van der Waals surface area contributed by atoms with Gasteiger partial charge < -0.3 is 9.47 Å². The number of nitrogens with zero attached hydrogens (tertiary/aromatic N) is 2. The molecule has 0 amide bonds. The summed E-state index contributed by atoms with van der Waals surface area (Å²) in [5.74, 6) is 6.48. The van der Waals surface area contributed by atoms with E-state index in [1.165, 1.54) is 25.9 Å². The maximum Gasteiger partial charge on any atom is 0.508 e. The summed E-state index contributed by atoms with van der Waals surface area (Å²) in [6, 6.07) is 0. The van der Waals surface area contributed by atoms with E-state index in [4.69, 9.17) is 14.3 Å². The molecule has 3 heterocycles. The van der Waals surface area contributed by atoms with Gasteiger partial charge in [0.2, 0.25) is 0 Å². The maximum absolute atomic E-state index is 11.6. The Bertz CT molecular complexity index is 481. The van der Waals surface area contributed by atoms with Gasteiger partial charge in [-0.1, -0.05) is 19.3 Å². The van der Waals surface area contributed by atoms with E-state index in [2.05, 4.69) is 23.7 Å². The van der Waals surface area contributed by atoms with Crippen LogP contribution in [0, 0.1) is 11.8 Å². The van der Waals surface area contributed by atoms with Crippen LogP contribution in [0.4, 0.5) is 4.79 Å². The third-order valence-corrected chi connectivity index (χ3v) is 4.78. The number of rotatable bonds is 6. The van der Waals surface area contributed by atoms with E-state index < -0.39 is 6.16 Å². The monoisotopic (exact) mass is 323 g/mol. The molecule has 3 fully saturated rings. The number of likely N-dealkylation sites (tertiary alicyclic amines) is 1. The zero-order valence-corrected chi connectivity index (χ0v) is 14.0. The molecule has 3 aliphatic heterocycles. The molecule has 0 aromatic rings. The zero-order valence-electron chi connectivity index (χ0n) is 14.0. The lowest BCUT2D eigenvalue weighted by molar-refractivity contribution is -0.908. The lowest BCUT2D eigenvalue weighted by atomic mass is 10.3. The number of fused-ring (bicyclic) bond motifs is 1. The Labute approximate surface area is 138 Å². The third-order valence-electron chi connectivity index (χ3n) is 4.78. The molecule has 0 N–H and O–H groups in total. The summed E-state index contributed by atoms with van der Waals surface area (Å²) >= 11 is 0. The summed E-state index contributed by atoms with van der Waals surface area (Å²) in [6.07, 6.45) is 4.46. The van der Waals surface area contributed by atoms with Crippen molar-refractivity contribution in [2.24, 2.45) is 0 Å². The normalized spacial score (nSPS) is 32.0. The molecule has 23 heavy (non-hydrogen) atoms. The first kappa shape index (κ1) is 16.6. The fourth-order valence-electron chi connectivity index (χ4n) is 3.31. The first-order chi connectivity index (χ1) is 11.2. The van der Waals surface area contributed by atoms with Crippen molar-refractivity contribution in [2.45, 2.75) is 51.4 Å². The van der Waals surface area contributed by atoms with Crippen molar-refractivity contribution >= 4 is 6.16 Å². The maximum atomic E-state index is 11.6. The highest BCUT2D eigenvalue weighted by Crippen LogP contribution is 2.44. The van der Waals surface area contributed by atoms with Crippen LogP contribution < -0.4 is 0 Å². The summed E-state index contributed by atoms with van der Waals surface area (Å²) in [5.41, 5.74) is 0. The van der Waals surface area contributed by atoms with Gasteiger partial charge >= 0.3 is 12.4 Å². The number of carbonyl (C=O) groups excluding carboxylic acids is 1. The summed E-state index contributed by atoms with van der Waals surface area (Å²) in [5, 5.41) is 0. The van der Waals surface area contributed by atoms with Crippen LogP contribution in [-0.4, -0.2) is 67.4 Å². The lowest BCUT2D eigenvalue weighted by Crippen LogP contribution is -2.27. The van der Waals surface area contributed by atoms with Crippen molar-refractivity contribution in [1.29, 1.82) is 0 Å². The molecule has 0 aromatic heterocycles. The Morgan fingerprint density at radius 1 is 1.35 bits per heavy atom. The van der Waals surface area contributed by atoms with Crippen molar-refractivity contribution in [2.75, 3.05) is 39.3 Å². The van der Waals surface area contributed by atoms with E-state index in [1.54, 1.807) is 0 Å². The zero-order chi connectivity index (χ0) is 16.1. The minimum Gasteiger partial charge on any atom is -0.434 e. The smallest absolute Gasteiger partial charge is 0.434 e. The molecule has 6 nitrogen and oxygen atoms in total. The molecular weight excluding hydrogens is 296 g/mol. The van der Waals surface area contributed by atoms with E-state index in [-0.39, 0.29) is 12.3 Å². The van der Waals surface area contributed by atoms with Gasteiger partial charge in [-0.3, -0.25) is 4.90 Å². The largest absolute Gasteiger partial charge is 0.508 e. The molecule has 0 saturated carbocycles. The topological polar surface area (TPSA) is 51.3 Å². The molecule has 0 aliphatic carbocycles. The third kappa shape index (κ3) is 4.17. The van der Waals surface area contributed by atoms with Gasteiger partial charge in [0.05, 0.1) is 13.2 Å². The Morgan fingerprint density at radius 3 is 2.91 bits per heavy atom. The quantitative estimate of drug-likeness (QED) is 0.246. The second kappa shape index (κ2) is 7.52. The summed E-state index contributed by atoms with van der Waals surface area (Å²) in [7, 11) is 0. The van der Waals surface area contributed by atoms with Crippen LogP contribution >= 0.6 is 0 Å². The van der Waals surface area contributed by atoms with Gasteiger partial charge in [0.15, 0.2) is 12.6 Å². The van der Waals surface area contributed by atoms with Gasteiger partial charge in [-0.15, -0.1) is 9.48 Å². The van der Waals surface area contributed by atoms with E-state index >= 15 is 0 Å². The average Bonchev–Trinajstić information content (AvgIpc) is 2.88. The number of carbonyl (C=O) groups is 1. The Morgan fingerprint density at radius 2 is 2.17 bits per heavy atom. The molecule has 3 aliphatic rings. The van der Waals surface area contributed by atoms with Crippen LogP contribution in [0.2, 0.25) is 0 Å². The first-order valence-electron chi connectivity index (χ1n) is 8.80. The number of hydrogen-bond acceptors (Lipinski definition) is 5. The van der Waals surface area contributed by atoms with E-state index in [9.17, 15) is 4.79 Å². The van der Waals surface area contributed by atoms with Gasteiger partial charge in [0.1, 0.15) is 6.54 Å². The second-order valence-electron chi connectivity index (χ2n) is 6.56. The fourth-order valence-corrected chi connectivity index (χ4v) is 3.31. The molecule has 2 unspecified atom stereocenters. The van der Waals surface area contributed by atoms with Gasteiger partial charge in [-0.2, -0.15) is 0 Å². The van der Waals surface area contributed by atoms with Gasteiger partial charge in [-0.25, -0.2) is 4.79 Å². The summed E-state index contributed by atoms with van der Waals surface area (Å²) < 4.78 is 10.9. The number of hydrogen-bond donors (Lipinski definition) is 0. The molecule has 3 rings (SSSR count). The van der Waals surface area contributed by atoms with E-state index in [0.717, 1.165) is 32.4 Å². The van der Waals surface area contributed by atoms with Crippen molar-refractivity contribution in [1.82, 2.24) is 4.90 Å². The molecule has 0 spiro atoms. The summed E-state index contributed by atoms with van der Waals surface area (Å²) in [4.78, 5) is 19.7. The fraction of sp³-hybridized carbons (Fsp3) is 0.824. The number of ether oxygens (including phenoxy) is 2. The van der Waals surface area contributed by atoms with Gasteiger partial charge in [-0.05, 0) is 38.3 Å². The molecule has 3 saturated heterocycles. The van der Waals surface area contributed by atoms with Gasteiger partial charge in [0.25, 0.3) is 0 Å². The van der Waals surface area contributed by atoms with Crippen LogP contribution in [0.1, 0.15) is 39.0 Å². The van der Waals surface area contributed by atoms with Crippen LogP contribution in [0.25, 0.3) is 0 Å². The predicted octanol–water partition coefficient (Wildman–Crippen LogP) is 1.90. The molecule has 0 aromatic carbocycles. The number of hydroxylamine groups is 3. The van der Waals surface area contributed by atoms with Crippen LogP contribution in [-0.2, 0) is 14.3 Å². The SMILES string of the molecule is CCCCOC(=O)OC1CC[N@@+]2(CC#CCN3CCCC3)OC12. The Kier molecular flexibility index (Phi) is 5.42.